The van der Waals surface area contributed by atoms with Gasteiger partial charge in [0, 0.05) is 6.42 Å². The van der Waals surface area contributed by atoms with Gasteiger partial charge >= 0.3 is 0 Å². The van der Waals surface area contributed by atoms with E-state index in [1.165, 1.54) is 0 Å². The molecule has 2 aliphatic rings. The largest absolute Gasteiger partial charge is 0.374 e. The van der Waals surface area contributed by atoms with Crippen LogP contribution in [-0.4, -0.2) is 49.2 Å². The molecule has 1 aliphatic carbocycles. The number of rotatable bonds is 15. The van der Waals surface area contributed by atoms with Crippen LogP contribution in [0.4, 0.5) is 0 Å². The maximum absolute atomic E-state index is 12.8. The van der Waals surface area contributed by atoms with Gasteiger partial charge in [-0.1, -0.05) is 121 Å². The van der Waals surface area contributed by atoms with E-state index in [9.17, 15) is 4.79 Å². The average Bonchev–Trinajstić information content (AvgIpc) is 3.51. The third kappa shape index (κ3) is 8.97. The van der Waals surface area contributed by atoms with E-state index < -0.39 is 36.8 Å². The average molecular weight is 623 g/mol. The summed E-state index contributed by atoms with van der Waals surface area (Å²) in [5.74, 6) is 0.0893. The lowest BCUT2D eigenvalue weighted by Gasteiger charge is -2.46. The van der Waals surface area contributed by atoms with E-state index in [1.54, 1.807) is 0 Å². The van der Waals surface area contributed by atoms with Crippen molar-refractivity contribution in [1.82, 2.24) is 0 Å². The number of benzene rings is 4. The lowest BCUT2D eigenvalue weighted by molar-refractivity contribution is -0.333. The molecule has 2 unspecified atom stereocenters. The van der Waals surface area contributed by atoms with Crippen LogP contribution in [0.3, 0.4) is 0 Å². The highest BCUT2D eigenvalue weighted by Gasteiger charge is 2.50. The molecular formula is C39H42O7. The monoisotopic (exact) mass is 622 g/mol. The fraction of sp³-hybridized carbons (Fsp3) is 0.359. The van der Waals surface area contributed by atoms with Crippen LogP contribution in [0, 0.1) is 0 Å². The molecule has 4 aromatic carbocycles. The summed E-state index contributed by atoms with van der Waals surface area (Å²) in [5.41, 5.74) is 4.13. The first-order chi connectivity index (χ1) is 22.7. The fourth-order valence-corrected chi connectivity index (χ4v) is 5.95. The Balaban J connectivity index is 1.30. The van der Waals surface area contributed by atoms with Crippen molar-refractivity contribution in [2.45, 2.75) is 82.5 Å². The van der Waals surface area contributed by atoms with Gasteiger partial charge < -0.3 is 28.4 Å². The van der Waals surface area contributed by atoms with Gasteiger partial charge in [0.05, 0.1) is 33.0 Å². The van der Waals surface area contributed by atoms with Gasteiger partial charge in [-0.2, -0.15) is 0 Å². The molecule has 1 saturated heterocycles. The zero-order valence-electron chi connectivity index (χ0n) is 26.0. The summed E-state index contributed by atoms with van der Waals surface area (Å²) in [6.45, 7) is 1.67. The van der Waals surface area contributed by atoms with Crippen LogP contribution in [0.5, 0.6) is 0 Å². The van der Waals surface area contributed by atoms with Gasteiger partial charge in [-0.15, -0.1) is 0 Å². The predicted molar refractivity (Wildman–Crippen MR) is 174 cm³/mol. The second-order valence-electron chi connectivity index (χ2n) is 11.8. The van der Waals surface area contributed by atoms with Crippen molar-refractivity contribution >= 4 is 5.78 Å². The highest BCUT2D eigenvalue weighted by molar-refractivity contribution is 5.84. The number of Topliss-reactive ketones (excluding diaryl/α,β-unsaturated/α-hetero) is 1. The summed E-state index contributed by atoms with van der Waals surface area (Å²) >= 11 is 0. The van der Waals surface area contributed by atoms with Crippen LogP contribution in [0.1, 0.15) is 41.5 Å². The molecule has 0 aromatic heterocycles. The molecule has 1 aliphatic heterocycles. The number of ketones is 1. The summed E-state index contributed by atoms with van der Waals surface area (Å²) in [7, 11) is 0. The molecule has 1 heterocycles. The minimum atomic E-state index is -0.863. The number of carbonyl (C=O) groups is 1. The molecule has 7 heteroatoms. The first kappa shape index (κ1) is 32.3. The maximum Gasteiger partial charge on any atom is 0.187 e. The SMILES string of the molecule is O=C1CCCC1OC1O[C@H](COCc2ccccc2)[C@@H](OCc2ccccc2)[C@H](OCc2ccccc2)[C@@H]1OCc1ccccc1. The number of hydrogen-bond acceptors (Lipinski definition) is 7. The molecule has 1 saturated carbocycles. The Morgan fingerprint density at radius 3 is 1.50 bits per heavy atom. The summed E-state index contributed by atoms with van der Waals surface area (Å²) in [6.07, 6.45) is -1.82. The quantitative estimate of drug-likeness (QED) is 0.144. The van der Waals surface area contributed by atoms with Crippen molar-refractivity contribution in [3.8, 4) is 0 Å². The molecule has 0 spiro atoms. The van der Waals surface area contributed by atoms with E-state index in [1.807, 2.05) is 121 Å². The molecule has 6 atom stereocenters. The molecule has 0 amide bonds. The number of ether oxygens (including phenoxy) is 6. The summed E-state index contributed by atoms with van der Waals surface area (Å²) in [6, 6.07) is 40.1. The summed E-state index contributed by atoms with van der Waals surface area (Å²) in [4.78, 5) is 12.8. The van der Waals surface area contributed by atoms with E-state index in [-0.39, 0.29) is 12.4 Å². The first-order valence-electron chi connectivity index (χ1n) is 16.1. The van der Waals surface area contributed by atoms with Crippen LogP contribution in [0.15, 0.2) is 121 Å². The van der Waals surface area contributed by atoms with Crippen LogP contribution in [0.25, 0.3) is 0 Å². The third-order valence-electron chi connectivity index (χ3n) is 8.39. The molecule has 2 fully saturated rings. The molecule has 46 heavy (non-hydrogen) atoms. The Kier molecular flexibility index (Phi) is 11.7. The normalized spacial score (nSPS) is 24.7. The molecule has 7 nitrogen and oxygen atoms in total. The van der Waals surface area contributed by atoms with Crippen LogP contribution >= 0.6 is 0 Å². The van der Waals surface area contributed by atoms with Crippen molar-refractivity contribution in [3.63, 3.8) is 0 Å². The minimum Gasteiger partial charge on any atom is -0.374 e. The van der Waals surface area contributed by atoms with Crippen molar-refractivity contribution < 1.29 is 33.2 Å². The Morgan fingerprint density at radius 2 is 1.02 bits per heavy atom. The lowest BCUT2D eigenvalue weighted by atomic mass is 9.97. The Bertz CT molecular complexity index is 1450. The van der Waals surface area contributed by atoms with Crippen LogP contribution in [0.2, 0.25) is 0 Å². The summed E-state index contributed by atoms with van der Waals surface area (Å²) in [5, 5.41) is 0. The minimum absolute atomic E-state index is 0.0893. The standard InChI is InChI=1S/C39H42O7/c40-33-22-13-23-34(33)45-39-38(44-27-32-20-11-4-12-21-32)37(43-26-31-18-9-3-10-19-31)36(42-25-30-16-7-2-8-17-30)35(46-39)28-41-24-29-14-5-1-6-15-29/h1-12,14-21,34-39H,13,22-28H2/t34?,35-,36-,37+,38+,39?/m1/s1. The van der Waals surface area contributed by atoms with Crippen molar-refractivity contribution in [2.75, 3.05) is 6.61 Å². The van der Waals surface area contributed by atoms with E-state index >= 15 is 0 Å². The van der Waals surface area contributed by atoms with Gasteiger partial charge in [-0.05, 0) is 35.1 Å². The molecule has 0 radical (unpaired) electrons. The van der Waals surface area contributed by atoms with Crippen molar-refractivity contribution in [2.24, 2.45) is 0 Å². The zero-order valence-corrected chi connectivity index (χ0v) is 26.0. The second kappa shape index (κ2) is 16.7. The van der Waals surface area contributed by atoms with E-state index in [2.05, 4.69) is 0 Å². The van der Waals surface area contributed by atoms with Crippen molar-refractivity contribution in [3.05, 3.63) is 144 Å². The zero-order chi connectivity index (χ0) is 31.4. The highest BCUT2D eigenvalue weighted by atomic mass is 16.7. The Morgan fingerprint density at radius 1 is 0.565 bits per heavy atom. The Hall–Kier alpha value is -3.69. The molecule has 0 bridgehead atoms. The molecular weight excluding hydrogens is 580 g/mol. The second-order valence-corrected chi connectivity index (χ2v) is 11.8. The smallest absolute Gasteiger partial charge is 0.187 e. The lowest BCUT2D eigenvalue weighted by Crippen LogP contribution is -2.62. The highest BCUT2D eigenvalue weighted by Crippen LogP contribution is 2.33. The first-order valence-corrected chi connectivity index (χ1v) is 16.1. The van der Waals surface area contributed by atoms with Gasteiger partial charge in [0.25, 0.3) is 0 Å². The van der Waals surface area contributed by atoms with E-state index in [0.29, 0.717) is 39.3 Å². The Labute approximate surface area is 271 Å². The summed E-state index contributed by atoms with van der Waals surface area (Å²) < 4.78 is 39.4. The maximum atomic E-state index is 12.8. The van der Waals surface area contributed by atoms with Gasteiger partial charge in [-0.25, -0.2) is 0 Å². The van der Waals surface area contributed by atoms with Gasteiger partial charge in [-0.3, -0.25) is 4.79 Å². The number of carbonyl (C=O) groups excluding carboxylic acids is 1. The fourth-order valence-electron chi connectivity index (χ4n) is 5.95. The van der Waals surface area contributed by atoms with Gasteiger partial charge in [0.1, 0.15) is 30.5 Å². The topological polar surface area (TPSA) is 72.5 Å². The van der Waals surface area contributed by atoms with Crippen LogP contribution in [-0.2, 0) is 59.6 Å². The number of hydrogen-bond donors (Lipinski definition) is 0. The predicted octanol–water partition coefficient (Wildman–Crippen LogP) is 6.82. The van der Waals surface area contributed by atoms with Gasteiger partial charge in [0.15, 0.2) is 12.1 Å². The molecule has 0 N–H and O–H groups in total. The molecule has 6 rings (SSSR count). The molecule has 4 aromatic rings. The third-order valence-corrected chi connectivity index (χ3v) is 8.39. The van der Waals surface area contributed by atoms with Crippen molar-refractivity contribution in [1.29, 1.82) is 0 Å². The van der Waals surface area contributed by atoms with Gasteiger partial charge in [0.2, 0.25) is 0 Å². The van der Waals surface area contributed by atoms with Crippen LogP contribution < -0.4 is 0 Å². The van der Waals surface area contributed by atoms with E-state index in [4.69, 9.17) is 28.4 Å². The molecule has 240 valence electrons. The van der Waals surface area contributed by atoms with E-state index in [0.717, 1.165) is 28.7 Å².